The fourth-order valence-corrected chi connectivity index (χ4v) is 5.47. The van der Waals surface area contributed by atoms with Crippen molar-refractivity contribution >= 4 is 34.4 Å². The fraction of sp³-hybridized carbons (Fsp3) is 0.273. The molecule has 1 unspecified atom stereocenters. The maximum Gasteiger partial charge on any atom is 0.274 e. The van der Waals surface area contributed by atoms with Gasteiger partial charge < -0.3 is 14.9 Å². The van der Waals surface area contributed by atoms with E-state index in [1.165, 1.54) is 17.4 Å². The number of fused-ring (bicyclic) bond motifs is 2. The molecule has 0 bridgehead atoms. The van der Waals surface area contributed by atoms with Gasteiger partial charge in [-0.05, 0) is 24.5 Å². The number of nitrogens with zero attached hydrogens (tertiary/aromatic N) is 3. The van der Waals surface area contributed by atoms with E-state index in [1.54, 1.807) is 18.3 Å². The van der Waals surface area contributed by atoms with E-state index in [2.05, 4.69) is 11.6 Å². The minimum Gasteiger partial charge on any atom is -0.505 e. The molecule has 2 saturated heterocycles. The SMILES string of the molecule is C=C1C(c2ncc(Cc3cccc(Cl)c3F)s2)=CN2CC3CCCN3C(=O)C2=C1O. The Hall–Kier alpha value is -2.64. The molecule has 1 aromatic heterocycles. The van der Waals surface area contributed by atoms with Crippen molar-refractivity contribution in [3.05, 3.63) is 80.5 Å². The summed E-state index contributed by atoms with van der Waals surface area (Å²) in [5.74, 6) is -0.664. The van der Waals surface area contributed by atoms with Gasteiger partial charge in [0.1, 0.15) is 16.5 Å². The molecule has 0 spiro atoms. The molecule has 1 amide bonds. The molecule has 4 heterocycles. The van der Waals surface area contributed by atoms with Gasteiger partial charge in [-0.15, -0.1) is 11.3 Å². The summed E-state index contributed by atoms with van der Waals surface area (Å²) in [4.78, 5) is 21.9. The average Bonchev–Trinajstić information content (AvgIpc) is 3.38. The monoisotopic (exact) mass is 443 g/mol. The third kappa shape index (κ3) is 3.04. The molecule has 3 aliphatic heterocycles. The molecule has 154 valence electrons. The van der Waals surface area contributed by atoms with Crippen LogP contribution in [-0.2, 0) is 11.2 Å². The van der Waals surface area contributed by atoms with E-state index in [0.29, 0.717) is 40.4 Å². The van der Waals surface area contributed by atoms with Gasteiger partial charge in [-0.2, -0.15) is 0 Å². The fourth-order valence-electron chi connectivity index (χ4n) is 4.30. The zero-order chi connectivity index (χ0) is 21.0. The molecule has 30 heavy (non-hydrogen) atoms. The summed E-state index contributed by atoms with van der Waals surface area (Å²) in [5.41, 5.74) is 1.85. The van der Waals surface area contributed by atoms with Crippen LogP contribution in [-0.4, -0.2) is 44.9 Å². The van der Waals surface area contributed by atoms with Gasteiger partial charge in [0.15, 0.2) is 5.76 Å². The van der Waals surface area contributed by atoms with Crippen molar-refractivity contribution in [2.24, 2.45) is 0 Å². The normalized spacial score (nSPS) is 21.1. The Morgan fingerprint density at radius 2 is 2.23 bits per heavy atom. The molecule has 5 nitrogen and oxygen atoms in total. The third-order valence-corrected chi connectivity index (χ3v) is 7.16. The van der Waals surface area contributed by atoms with E-state index in [-0.39, 0.29) is 22.7 Å². The highest BCUT2D eigenvalue weighted by molar-refractivity contribution is 7.12. The van der Waals surface area contributed by atoms with Crippen LogP contribution in [0.3, 0.4) is 0 Å². The summed E-state index contributed by atoms with van der Waals surface area (Å²) in [5, 5.41) is 11.5. The van der Waals surface area contributed by atoms with Crippen LogP contribution in [0, 0.1) is 5.82 Å². The van der Waals surface area contributed by atoms with Crippen LogP contribution in [0.15, 0.2) is 54.2 Å². The second kappa shape index (κ2) is 7.25. The molecule has 1 N–H and O–H groups in total. The largest absolute Gasteiger partial charge is 0.505 e. The molecule has 1 aromatic carbocycles. The van der Waals surface area contributed by atoms with Crippen LogP contribution in [0.25, 0.3) is 5.57 Å². The van der Waals surface area contributed by atoms with Crippen molar-refractivity contribution in [1.82, 2.24) is 14.8 Å². The molecule has 2 aromatic rings. The first-order valence-corrected chi connectivity index (χ1v) is 10.9. The number of hydrogen-bond acceptors (Lipinski definition) is 5. The number of benzene rings is 1. The second-order valence-corrected chi connectivity index (χ2v) is 9.21. The third-order valence-electron chi connectivity index (χ3n) is 5.84. The Kier molecular flexibility index (Phi) is 4.67. The average molecular weight is 444 g/mol. The van der Waals surface area contributed by atoms with Crippen molar-refractivity contribution in [3.8, 4) is 0 Å². The van der Waals surface area contributed by atoms with E-state index in [1.807, 2.05) is 16.0 Å². The maximum absolute atomic E-state index is 14.2. The summed E-state index contributed by atoms with van der Waals surface area (Å²) >= 11 is 7.29. The van der Waals surface area contributed by atoms with Gasteiger partial charge in [-0.3, -0.25) is 4.79 Å². The number of amides is 1. The Balaban J connectivity index is 1.44. The number of aliphatic hydroxyl groups excluding tert-OH is 1. The van der Waals surface area contributed by atoms with Crippen LogP contribution in [0.2, 0.25) is 5.02 Å². The lowest BCUT2D eigenvalue weighted by Gasteiger charge is -2.40. The van der Waals surface area contributed by atoms with E-state index in [4.69, 9.17) is 11.6 Å². The molecule has 0 saturated carbocycles. The summed E-state index contributed by atoms with van der Waals surface area (Å²) in [7, 11) is 0. The molecule has 8 heteroatoms. The first-order valence-electron chi connectivity index (χ1n) is 9.74. The van der Waals surface area contributed by atoms with Gasteiger partial charge in [0.25, 0.3) is 5.91 Å². The number of rotatable bonds is 3. The number of allylic oxidation sites excluding steroid dienone is 1. The predicted octanol–water partition coefficient (Wildman–Crippen LogP) is 4.51. The number of aromatic nitrogens is 1. The lowest BCUT2D eigenvalue weighted by Crippen LogP contribution is -2.51. The van der Waals surface area contributed by atoms with Gasteiger partial charge in [0.05, 0.1) is 11.1 Å². The summed E-state index contributed by atoms with van der Waals surface area (Å²) in [6, 6.07) is 5.11. The number of halogens is 2. The van der Waals surface area contributed by atoms with Gasteiger partial charge in [-0.1, -0.05) is 30.3 Å². The zero-order valence-corrected chi connectivity index (χ0v) is 17.6. The molecular formula is C22H19ClFN3O2S. The first-order chi connectivity index (χ1) is 14.4. The molecule has 0 radical (unpaired) electrons. The van der Waals surface area contributed by atoms with Crippen molar-refractivity contribution in [2.45, 2.75) is 25.3 Å². The zero-order valence-electron chi connectivity index (χ0n) is 16.1. The highest BCUT2D eigenvalue weighted by Crippen LogP contribution is 2.40. The van der Waals surface area contributed by atoms with Crippen LogP contribution in [0.1, 0.15) is 28.3 Å². The van der Waals surface area contributed by atoms with E-state index in [9.17, 15) is 14.3 Å². The van der Waals surface area contributed by atoms with Gasteiger partial charge in [0.2, 0.25) is 0 Å². The van der Waals surface area contributed by atoms with Crippen LogP contribution in [0.5, 0.6) is 0 Å². The Labute approximate surface area is 182 Å². The smallest absolute Gasteiger partial charge is 0.274 e. The Bertz CT molecular complexity index is 1140. The van der Waals surface area contributed by atoms with Gasteiger partial charge >= 0.3 is 0 Å². The van der Waals surface area contributed by atoms with Gasteiger partial charge in [-0.25, -0.2) is 9.37 Å². The Morgan fingerprint density at radius 3 is 3.07 bits per heavy atom. The summed E-state index contributed by atoms with van der Waals surface area (Å²) in [6.07, 6.45) is 5.87. The number of piperazine rings is 1. The predicted molar refractivity (Wildman–Crippen MR) is 115 cm³/mol. The van der Waals surface area contributed by atoms with Crippen LogP contribution >= 0.6 is 22.9 Å². The number of carbonyl (C=O) groups excluding carboxylic acids is 1. The minimum atomic E-state index is -0.423. The van der Waals surface area contributed by atoms with Crippen molar-refractivity contribution in [3.63, 3.8) is 0 Å². The standard InChI is InChI=1S/C22H19ClFN3O2S/c1-12-16(11-26-10-14-5-3-7-27(14)22(29)19(26)20(12)28)21-25-9-15(30-21)8-13-4-2-6-17(23)18(13)24/h2,4,6,9,11,14,28H,1,3,5,7-8,10H2. The molecule has 3 aliphatic rings. The quantitative estimate of drug-likeness (QED) is 0.758. The van der Waals surface area contributed by atoms with E-state index >= 15 is 0 Å². The number of carbonyl (C=O) groups is 1. The van der Waals surface area contributed by atoms with E-state index < -0.39 is 5.82 Å². The minimum absolute atomic E-state index is 0.0962. The molecule has 2 fully saturated rings. The maximum atomic E-state index is 14.2. The summed E-state index contributed by atoms with van der Waals surface area (Å²) < 4.78 is 14.2. The van der Waals surface area contributed by atoms with Crippen molar-refractivity contribution in [1.29, 1.82) is 0 Å². The molecule has 5 rings (SSSR count). The van der Waals surface area contributed by atoms with E-state index in [0.717, 1.165) is 24.3 Å². The number of thiazole rings is 1. The second-order valence-electron chi connectivity index (χ2n) is 7.69. The topological polar surface area (TPSA) is 56.7 Å². The van der Waals surface area contributed by atoms with Crippen molar-refractivity contribution in [2.75, 3.05) is 13.1 Å². The van der Waals surface area contributed by atoms with Crippen LogP contribution < -0.4 is 0 Å². The first kappa shape index (κ1) is 19.3. The Morgan fingerprint density at radius 1 is 1.40 bits per heavy atom. The lowest BCUT2D eigenvalue weighted by molar-refractivity contribution is -0.132. The number of hydrogen-bond donors (Lipinski definition) is 1. The number of aliphatic hydroxyl groups is 1. The van der Waals surface area contributed by atoms with Crippen LogP contribution in [0.4, 0.5) is 4.39 Å². The van der Waals surface area contributed by atoms with Gasteiger partial charge in [0, 0.05) is 47.9 Å². The highest BCUT2D eigenvalue weighted by Gasteiger charge is 2.42. The van der Waals surface area contributed by atoms with Crippen molar-refractivity contribution < 1.29 is 14.3 Å². The summed E-state index contributed by atoms with van der Waals surface area (Å²) in [6.45, 7) is 5.37. The highest BCUT2D eigenvalue weighted by atomic mass is 35.5. The molecule has 1 atom stereocenters. The lowest BCUT2D eigenvalue weighted by atomic mass is 9.98. The molecule has 0 aliphatic carbocycles. The molecular weight excluding hydrogens is 425 g/mol.